The summed E-state index contributed by atoms with van der Waals surface area (Å²) in [6.45, 7) is 0. The lowest BCUT2D eigenvalue weighted by Crippen LogP contribution is -1.57. The Morgan fingerprint density at radius 3 is 3.11 bits per heavy atom. The van der Waals surface area contributed by atoms with E-state index >= 15 is 0 Å². The predicted molar refractivity (Wildman–Crippen MR) is 37.3 cm³/mol. The zero-order valence-electron chi connectivity index (χ0n) is 4.27. The normalized spacial score (nSPS) is 10.8. The molecule has 2 aromatic rings. The van der Waals surface area contributed by atoms with Crippen molar-refractivity contribution in [2.75, 3.05) is 0 Å². The monoisotopic (exact) mass is 156 g/mol. The van der Waals surface area contributed by atoms with Gasteiger partial charge in [0.25, 0.3) is 0 Å². The summed E-state index contributed by atoms with van der Waals surface area (Å²) >= 11 is 2.74. The Hall–Kier alpha value is -0.410. The maximum absolute atomic E-state index is 12.5. The molecule has 0 saturated heterocycles. The van der Waals surface area contributed by atoms with Crippen LogP contribution in [0.25, 0.3) is 9.40 Å². The van der Waals surface area contributed by atoms with E-state index in [9.17, 15) is 4.39 Å². The first-order chi connectivity index (χ1) is 4.38. The van der Waals surface area contributed by atoms with E-state index in [1.807, 2.05) is 0 Å². The molecular formula is C6HFS2. The number of hydrogen-bond donors (Lipinski definition) is 0. The SMILES string of the molecule is Fc1[c]sc2s[c]cc12. The molecule has 0 nitrogen and oxygen atoms in total. The number of halogens is 1. The topological polar surface area (TPSA) is 0 Å². The summed E-state index contributed by atoms with van der Waals surface area (Å²) in [4.78, 5) is 0. The lowest BCUT2D eigenvalue weighted by atomic mass is 10.4. The van der Waals surface area contributed by atoms with Gasteiger partial charge < -0.3 is 0 Å². The molecular weight excluding hydrogens is 155 g/mol. The van der Waals surface area contributed by atoms with Crippen molar-refractivity contribution in [1.29, 1.82) is 0 Å². The third-order valence-electron chi connectivity index (χ3n) is 1.04. The van der Waals surface area contributed by atoms with Gasteiger partial charge in [0.1, 0.15) is 0 Å². The molecule has 0 amide bonds. The van der Waals surface area contributed by atoms with Crippen molar-refractivity contribution >= 4 is 32.1 Å². The van der Waals surface area contributed by atoms with Crippen LogP contribution in [0.2, 0.25) is 0 Å². The van der Waals surface area contributed by atoms with Crippen LogP contribution in [0.15, 0.2) is 6.07 Å². The van der Waals surface area contributed by atoms with Gasteiger partial charge in [-0.25, -0.2) is 4.39 Å². The largest absolute Gasteiger partial charge is 0.205 e. The molecule has 0 aliphatic rings. The smallest absolute Gasteiger partial charge is 0.151 e. The maximum atomic E-state index is 12.5. The third-order valence-corrected chi connectivity index (χ3v) is 2.87. The molecule has 0 bridgehead atoms. The van der Waals surface area contributed by atoms with Crippen LogP contribution in [-0.2, 0) is 0 Å². The highest BCUT2D eigenvalue weighted by Gasteiger charge is 2.02. The molecule has 2 aromatic heterocycles. The van der Waals surface area contributed by atoms with Crippen molar-refractivity contribution < 1.29 is 4.39 Å². The molecule has 0 saturated carbocycles. The van der Waals surface area contributed by atoms with E-state index in [-0.39, 0.29) is 5.82 Å². The lowest BCUT2D eigenvalue weighted by molar-refractivity contribution is 0.642. The van der Waals surface area contributed by atoms with Gasteiger partial charge in [0.2, 0.25) is 0 Å². The highest BCUT2D eigenvalue weighted by molar-refractivity contribution is 7.36. The Labute approximate surface area is 59.6 Å². The second-order valence-electron chi connectivity index (χ2n) is 1.58. The van der Waals surface area contributed by atoms with Crippen molar-refractivity contribution in [3.05, 3.63) is 22.6 Å². The molecule has 0 spiro atoms. The average molecular weight is 156 g/mol. The zero-order valence-corrected chi connectivity index (χ0v) is 5.90. The summed E-state index contributed by atoms with van der Waals surface area (Å²) in [6, 6.07) is 1.66. The van der Waals surface area contributed by atoms with E-state index in [4.69, 9.17) is 0 Å². The Balaban J connectivity index is 2.99. The van der Waals surface area contributed by atoms with Crippen molar-refractivity contribution in [2.45, 2.75) is 0 Å². The van der Waals surface area contributed by atoms with Gasteiger partial charge in [-0.05, 0) is 6.07 Å². The molecule has 0 atom stereocenters. The highest BCUT2D eigenvalue weighted by Crippen LogP contribution is 2.28. The first-order valence-electron chi connectivity index (χ1n) is 2.33. The van der Waals surface area contributed by atoms with Gasteiger partial charge in [-0.2, -0.15) is 0 Å². The molecule has 0 aliphatic carbocycles. The van der Waals surface area contributed by atoms with Crippen LogP contribution >= 0.6 is 22.7 Å². The summed E-state index contributed by atoms with van der Waals surface area (Å²) in [5, 5.41) is 6.03. The molecule has 0 N–H and O–H groups in total. The Kier molecular flexibility index (Phi) is 1.07. The Morgan fingerprint density at radius 2 is 2.33 bits per heavy atom. The van der Waals surface area contributed by atoms with E-state index < -0.39 is 0 Å². The zero-order chi connectivity index (χ0) is 6.27. The molecule has 0 fully saturated rings. The first-order valence-corrected chi connectivity index (χ1v) is 3.97. The van der Waals surface area contributed by atoms with Crippen molar-refractivity contribution in [3.8, 4) is 0 Å². The minimum absolute atomic E-state index is 0.243. The van der Waals surface area contributed by atoms with E-state index in [1.165, 1.54) is 22.7 Å². The van der Waals surface area contributed by atoms with Crippen molar-refractivity contribution in [1.82, 2.24) is 0 Å². The van der Waals surface area contributed by atoms with Gasteiger partial charge in [0, 0.05) is 10.8 Å². The quantitative estimate of drug-likeness (QED) is 0.550. The summed E-state index contributed by atoms with van der Waals surface area (Å²) < 4.78 is 13.5. The van der Waals surface area contributed by atoms with Crippen LogP contribution in [-0.4, -0.2) is 0 Å². The molecule has 0 unspecified atom stereocenters. The summed E-state index contributed by atoms with van der Waals surface area (Å²) in [5.41, 5.74) is 0. The van der Waals surface area contributed by atoms with Gasteiger partial charge in [-0.3, -0.25) is 0 Å². The van der Waals surface area contributed by atoms with Crippen LogP contribution in [0.3, 0.4) is 0 Å². The van der Waals surface area contributed by atoms with Gasteiger partial charge in [0.15, 0.2) is 5.82 Å². The fraction of sp³-hybridized carbons (Fsp3) is 0. The fourth-order valence-corrected chi connectivity index (χ4v) is 2.16. The average Bonchev–Trinajstić information content (AvgIpc) is 2.35. The summed E-state index contributed by atoms with van der Waals surface area (Å²) in [7, 11) is 0. The van der Waals surface area contributed by atoms with Crippen LogP contribution in [0.1, 0.15) is 0 Å². The van der Waals surface area contributed by atoms with Gasteiger partial charge in [-0.1, -0.05) is 0 Å². The third kappa shape index (κ3) is 0.686. The van der Waals surface area contributed by atoms with Gasteiger partial charge in [-0.15, -0.1) is 22.7 Å². The minimum Gasteiger partial charge on any atom is -0.205 e. The van der Waals surface area contributed by atoms with E-state index in [0.717, 1.165) is 4.01 Å². The second-order valence-corrected chi connectivity index (χ2v) is 3.51. The number of rotatable bonds is 0. The van der Waals surface area contributed by atoms with Gasteiger partial charge in [0.05, 0.1) is 9.39 Å². The molecule has 3 heteroatoms. The number of hydrogen-bond acceptors (Lipinski definition) is 2. The fourth-order valence-electron chi connectivity index (χ4n) is 0.631. The highest BCUT2D eigenvalue weighted by atomic mass is 32.2. The van der Waals surface area contributed by atoms with Crippen LogP contribution in [0.5, 0.6) is 0 Å². The van der Waals surface area contributed by atoms with Crippen molar-refractivity contribution in [2.24, 2.45) is 0 Å². The van der Waals surface area contributed by atoms with Gasteiger partial charge >= 0.3 is 0 Å². The minimum atomic E-state index is -0.243. The predicted octanol–water partition coefficient (Wildman–Crippen LogP) is 2.70. The van der Waals surface area contributed by atoms with E-state index in [2.05, 4.69) is 10.8 Å². The van der Waals surface area contributed by atoms with Crippen LogP contribution in [0.4, 0.5) is 4.39 Å². The molecule has 2 heterocycles. The summed E-state index contributed by atoms with van der Waals surface area (Å²) in [5.74, 6) is -0.243. The molecule has 0 aromatic carbocycles. The molecule has 44 valence electrons. The van der Waals surface area contributed by atoms with E-state index in [1.54, 1.807) is 6.07 Å². The first kappa shape index (κ1) is 5.38. The molecule has 2 radical (unpaired) electrons. The van der Waals surface area contributed by atoms with E-state index in [0.29, 0.717) is 5.39 Å². The van der Waals surface area contributed by atoms with Crippen molar-refractivity contribution in [3.63, 3.8) is 0 Å². The van der Waals surface area contributed by atoms with Crippen LogP contribution in [0, 0.1) is 16.6 Å². The molecule has 2 rings (SSSR count). The van der Waals surface area contributed by atoms with Crippen LogP contribution < -0.4 is 0 Å². The standard InChI is InChI=1S/C6HFS2/c7-5-3-9-6-4(5)1-2-8-6/h1H. The summed E-state index contributed by atoms with van der Waals surface area (Å²) in [6.07, 6.45) is 0. The number of fused-ring (bicyclic) bond motifs is 1. The molecule has 9 heavy (non-hydrogen) atoms. The second kappa shape index (κ2) is 1.78. The number of thiophene rings is 2. The maximum Gasteiger partial charge on any atom is 0.151 e. The molecule has 0 aliphatic heterocycles. The Bertz CT molecular complexity index is 320. The Morgan fingerprint density at radius 1 is 1.44 bits per heavy atom. The lowest BCUT2D eigenvalue weighted by Gasteiger charge is -1.70.